The summed E-state index contributed by atoms with van der Waals surface area (Å²) >= 11 is 0. The van der Waals surface area contributed by atoms with E-state index >= 15 is 0 Å². The van der Waals surface area contributed by atoms with Gasteiger partial charge in [-0.3, -0.25) is 4.79 Å². The Hall–Kier alpha value is -1.37. The Labute approximate surface area is 124 Å². The van der Waals surface area contributed by atoms with Gasteiger partial charge in [-0.2, -0.15) is 0 Å². The lowest BCUT2D eigenvalue weighted by molar-refractivity contribution is 0.0905. The number of aryl methyl sites for hydroxylation is 1. The lowest BCUT2D eigenvalue weighted by Gasteiger charge is -2.23. The molecule has 7 heteroatoms. The maximum Gasteiger partial charge on any atom is 0.274 e. The van der Waals surface area contributed by atoms with Gasteiger partial charge in [-0.05, 0) is 32.6 Å². The SMILES string of the molecule is CC1(NC(=O)c2noc3c2CCCCC3)CCS(=O)(=O)C1. The van der Waals surface area contributed by atoms with Gasteiger partial charge in [0.2, 0.25) is 0 Å². The normalized spacial score (nSPS) is 27.9. The number of carbonyl (C=O) groups excluding carboxylic acids is 1. The van der Waals surface area contributed by atoms with Gasteiger partial charge in [0.1, 0.15) is 5.76 Å². The topological polar surface area (TPSA) is 89.3 Å². The van der Waals surface area contributed by atoms with Crippen LogP contribution in [0, 0.1) is 0 Å². The largest absolute Gasteiger partial charge is 0.360 e. The molecule has 21 heavy (non-hydrogen) atoms. The quantitative estimate of drug-likeness (QED) is 0.830. The third-order valence-corrected chi connectivity index (χ3v) is 6.24. The van der Waals surface area contributed by atoms with E-state index in [0.29, 0.717) is 12.1 Å². The van der Waals surface area contributed by atoms with Crippen LogP contribution in [-0.4, -0.2) is 36.5 Å². The molecule has 2 aliphatic rings. The van der Waals surface area contributed by atoms with Crippen molar-refractivity contribution in [2.24, 2.45) is 0 Å². The van der Waals surface area contributed by atoms with Crippen LogP contribution in [-0.2, 0) is 22.7 Å². The van der Waals surface area contributed by atoms with Crippen molar-refractivity contribution in [3.8, 4) is 0 Å². The van der Waals surface area contributed by atoms with Gasteiger partial charge in [0, 0.05) is 12.0 Å². The number of nitrogens with zero attached hydrogens (tertiary/aromatic N) is 1. The highest BCUT2D eigenvalue weighted by molar-refractivity contribution is 7.91. The van der Waals surface area contributed by atoms with Gasteiger partial charge in [-0.25, -0.2) is 8.42 Å². The van der Waals surface area contributed by atoms with E-state index in [1.807, 2.05) is 0 Å². The second-order valence-electron chi connectivity index (χ2n) is 6.35. The molecule has 0 radical (unpaired) electrons. The molecule has 6 nitrogen and oxygen atoms in total. The standard InChI is InChI=1S/C14H20N2O4S/c1-14(7-8-21(18,19)9-14)15-13(17)12-10-5-3-2-4-6-11(10)20-16-12/h2-9H2,1H3,(H,15,17). The fraction of sp³-hybridized carbons (Fsp3) is 0.714. The van der Waals surface area contributed by atoms with E-state index in [4.69, 9.17) is 4.52 Å². The van der Waals surface area contributed by atoms with Crippen molar-refractivity contribution in [3.63, 3.8) is 0 Å². The number of hydrogen-bond acceptors (Lipinski definition) is 5. The number of fused-ring (bicyclic) bond motifs is 1. The molecule has 1 N–H and O–H groups in total. The molecule has 1 aromatic heterocycles. The summed E-state index contributed by atoms with van der Waals surface area (Å²) in [5.41, 5.74) is 0.527. The van der Waals surface area contributed by atoms with Gasteiger partial charge in [0.15, 0.2) is 15.5 Å². The van der Waals surface area contributed by atoms with E-state index < -0.39 is 15.4 Å². The van der Waals surface area contributed by atoms with Crippen LogP contribution in [0.15, 0.2) is 4.52 Å². The molecule has 116 valence electrons. The Bertz CT molecular complexity index is 665. The summed E-state index contributed by atoms with van der Waals surface area (Å²) in [6.07, 6.45) is 5.28. The van der Waals surface area contributed by atoms with Gasteiger partial charge >= 0.3 is 0 Å². The first-order valence-corrected chi connectivity index (χ1v) is 9.21. The van der Waals surface area contributed by atoms with Gasteiger partial charge in [0.25, 0.3) is 5.91 Å². The van der Waals surface area contributed by atoms with Crippen LogP contribution >= 0.6 is 0 Å². The van der Waals surface area contributed by atoms with Crippen LogP contribution in [0.2, 0.25) is 0 Å². The van der Waals surface area contributed by atoms with E-state index in [2.05, 4.69) is 10.5 Å². The van der Waals surface area contributed by atoms with Crippen molar-refractivity contribution in [3.05, 3.63) is 17.0 Å². The molecular weight excluding hydrogens is 292 g/mol. The average Bonchev–Trinajstić information content (AvgIpc) is 2.81. The van der Waals surface area contributed by atoms with Crippen LogP contribution in [0.1, 0.15) is 54.4 Å². The highest BCUT2D eigenvalue weighted by Gasteiger charge is 2.40. The van der Waals surface area contributed by atoms with Crippen LogP contribution < -0.4 is 5.32 Å². The molecular formula is C14H20N2O4S. The number of aromatic nitrogens is 1. The van der Waals surface area contributed by atoms with Crippen LogP contribution in [0.4, 0.5) is 0 Å². The molecule has 1 fully saturated rings. The Morgan fingerprint density at radius 2 is 2.05 bits per heavy atom. The predicted molar refractivity (Wildman–Crippen MR) is 76.9 cm³/mol. The lowest BCUT2D eigenvalue weighted by atomic mass is 10.0. The first-order chi connectivity index (χ1) is 9.89. The van der Waals surface area contributed by atoms with Gasteiger partial charge in [0.05, 0.1) is 17.0 Å². The Kier molecular flexibility index (Phi) is 3.55. The summed E-state index contributed by atoms with van der Waals surface area (Å²) in [5, 5.41) is 6.76. The van der Waals surface area contributed by atoms with Crippen molar-refractivity contribution < 1.29 is 17.7 Å². The molecule has 0 aromatic carbocycles. The number of amides is 1. The molecule has 0 spiro atoms. The van der Waals surface area contributed by atoms with E-state index in [-0.39, 0.29) is 17.4 Å². The minimum atomic E-state index is -3.05. The Morgan fingerprint density at radius 3 is 2.76 bits per heavy atom. The smallest absolute Gasteiger partial charge is 0.274 e. The van der Waals surface area contributed by atoms with Crippen LogP contribution in [0.3, 0.4) is 0 Å². The Morgan fingerprint density at radius 1 is 1.29 bits per heavy atom. The van der Waals surface area contributed by atoms with E-state index in [1.54, 1.807) is 6.92 Å². The summed E-state index contributed by atoms with van der Waals surface area (Å²) in [5.74, 6) is 0.607. The van der Waals surface area contributed by atoms with Gasteiger partial charge in [-0.1, -0.05) is 11.6 Å². The molecule has 0 saturated carbocycles. The first kappa shape index (κ1) is 14.6. The first-order valence-electron chi connectivity index (χ1n) is 7.39. The fourth-order valence-electron chi connectivity index (χ4n) is 3.18. The minimum Gasteiger partial charge on any atom is -0.360 e. The van der Waals surface area contributed by atoms with E-state index in [1.165, 1.54) is 0 Å². The third kappa shape index (κ3) is 2.97. The molecule has 1 saturated heterocycles. The van der Waals surface area contributed by atoms with Gasteiger partial charge < -0.3 is 9.84 Å². The van der Waals surface area contributed by atoms with Crippen LogP contribution in [0.5, 0.6) is 0 Å². The molecule has 2 heterocycles. The highest BCUT2D eigenvalue weighted by atomic mass is 32.2. The Balaban J connectivity index is 1.79. The van der Waals surface area contributed by atoms with E-state index in [0.717, 1.165) is 43.4 Å². The number of rotatable bonds is 2. The van der Waals surface area contributed by atoms with E-state index in [9.17, 15) is 13.2 Å². The third-order valence-electron chi connectivity index (χ3n) is 4.33. The monoisotopic (exact) mass is 312 g/mol. The van der Waals surface area contributed by atoms with Crippen LogP contribution in [0.25, 0.3) is 0 Å². The van der Waals surface area contributed by atoms with Crippen molar-refractivity contribution in [1.82, 2.24) is 10.5 Å². The highest BCUT2D eigenvalue weighted by Crippen LogP contribution is 2.26. The fourth-order valence-corrected chi connectivity index (χ4v) is 5.28. The number of nitrogens with one attached hydrogen (secondary N) is 1. The van der Waals surface area contributed by atoms with Crippen molar-refractivity contribution in [2.75, 3.05) is 11.5 Å². The molecule has 1 aliphatic heterocycles. The molecule has 1 atom stereocenters. The average molecular weight is 312 g/mol. The zero-order chi connectivity index (χ0) is 15.1. The van der Waals surface area contributed by atoms with Crippen molar-refractivity contribution in [1.29, 1.82) is 0 Å². The summed E-state index contributed by atoms with van der Waals surface area (Å²) in [4.78, 5) is 12.4. The zero-order valence-corrected chi connectivity index (χ0v) is 13.0. The number of hydrogen-bond donors (Lipinski definition) is 1. The summed E-state index contributed by atoms with van der Waals surface area (Å²) in [6, 6.07) is 0. The number of sulfone groups is 1. The second-order valence-corrected chi connectivity index (χ2v) is 8.53. The second kappa shape index (κ2) is 5.12. The minimum absolute atomic E-state index is 0.00815. The maximum absolute atomic E-state index is 12.4. The molecule has 1 aliphatic carbocycles. The van der Waals surface area contributed by atoms with Crippen molar-refractivity contribution >= 4 is 15.7 Å². The summed E-state index contributed by atoms with van der Waals surface area (Å²) < 4.78 is 28.5. The maximum atomic E-state index is 12.4. The molecule has 3 rings (SSSR count). The molecule has 0 bridgehead atoms. The van der Waals surface area contributed by atoms with Crippen molar-refractivity contribution in [2.45, 2.75) is 51.0 Å². The predicted octanol–water partition coefficient (Wildman–Crippen LogP) is 1.25. The zero-order valence-electron chi connectivity index (χ0n) is 12.1. The lowest BCUT2D eigenvalue weighted by Crippen LogP contribution is -2.47. The summed E-state index contributed by atoms with van der Waals surface area (Å²) in [7, 11) is -3.05. The molecule has 1 amide bonds. The molecule has 1 aromatic rings. The summed E-state index contributed by atoms with van der Waals surface area (Å²) in [6.45, 7) is 1.77. The molecule has 1 unspecified atom stereocenters. The van der Waals surface area contributed by atoms with Gasteiger partial charge in [-0.15, -0.1) is 0 Å². The number of carbonyl (C=O) groups is 1.